The standard InChI is InChI=1S/C21H27ClN4O4S/c1-14-11-15(22)3-4-19(14)31(29,30)16-12-17(20(27)24-6-5-23)18(13-16)21(28)26-9-7-25(2)8-10-26/h3-4,11,16-18H,6-10,12-13H2,1-2H3,(H,24,27)/t16-,17-,18-/m1/s1. The van der Waals surface area contributed by atoms with Gasteiger partial charge in [-0.05, 0) is 50.6 Å². The Bertz CT molecular complexity index is 999. The lowest BCUT2D eigenvalue weighted by molar-refractivity contribution is -0.142. The third-order valence-electron chi connectivity index (χ3n) is 6.21. The maximum atomic E-state index is 13.4. The van der Waals surface area contributed by atoms with Gasteiger partial charge in [-0.3, -0.25) is 9.59 Å². The Morgan fingerprint density at radius 3 is 2.45 bits per heavy atom. The highest BCUT2D eigenvalue weighted by atomic mass is 35.5. The largest absolute Gasteiger partial charge is 0.343 e. The van der Waals surface area contributed by atoms with Gasteiger partial charge in [-0.2, -0.15) is 5.26 Å². The van der Waals surface area contributed by atoms with Crippen LogP contribution < -0.4 is 5.32 Å². The fourth-order valence-corrected chi connectivity index (χ4v) is 6.71. The van der Waals surface area contributed by atoms with E-state index in [9.17, 15) is 18.0 Å². The van der Waals surface area contributed by atoms with Crippen LogP contribution in [0.2, 0.25) is 5.02 Å². The first-order valence-electron chi connectivity index (χ1n) is 10.3. The lowest BCUT2D eigenvalue weighted by Crippen LogP contribution is -2.50. The Balaban J connectivity index is 1.87. The Hall–Kier alpha value is -2.15. The van der Waals surface area contributed by atoms with Crippen LogP contribution in [0.5, 0.6) is 0 Å². The smallest absolute Gasteiger partial charge is 0.226 e. The van der Waals surface area contributed by atoms with Gasteiger partial charge in [-0.25, -0.2) is 8.42 Å². The molecule has 3 atom stereocenters. The number of amides is 2. The highest BCUT2D eigenvalue weighted by Gasteiger charge is 2.49. The summed E-state index contributed by atoms with van der Waals surface area (Å²) in [6.07, 6.45) is 0.131. The number of piperazine rings is 1. The maximum Gasteiger partial charge on any atom is 0.226 e. The van der Waals surface area contributed by atoms with Gasteiger partial charge in [0.15, 0.2) is 9.84 Å². The van der Waals surface area contributed by atoms with Crippen molar-refractivity contribution in [2.45, 2.75) is 29.9 Å². The number of rotatable bonds is 5. The van der Waals surface area contributed by atoms with Gasteiger partial charge in [0.05, 0.1) is 28.1 Å². The Morgan fingerprint density at radius 1 is 1.19 bits per heavy atom. The van der Waals surface area contributed by atoms with Crippen molar-refractivity contribution in [3.8, 4) is 6.07 Å². The molecule has 2 amide bonds. The minimum absolute atomic E-state index is 0.0474. The molecule has 1 saturated heterocycles. The molecule has 1 heterocycles. The van der Waals surface area contributed by atoms with E-state index in [0.717, 1.165) is 13.1 Å². The molecule has 1 aliphatic heterocycles. The number of likely N-dealkylation sites (N-methyl/N-ethyl adjacent to an activating group) is 1. The first kappa shape index (κ1) is 23.5. The van der Waals surface area contributed by atoms with E-state index in [4.69, 9.17) is 16.9 Å². The summed E-state index contributed by atoms with van der Waals surface area (Å²) >= 11 is 5.97. The zero-order chi connectivity index (χ0) is 22.8. The number of benzene rings is 1. The van der Waals surface area contributed by atoms with Gasteiger partial charge in [0.1, 0.15) is 6.54 Å². The number of aryl methyl sites for hydroxylation is 1. The SMILES string of the molecule is Cc1cc(Cl)ccc1S(=O)(=O)[C@@H]1C[C@@H](C(=O)NCC#N)[C@H](C(=O)N2CCN(C)CC2)C1. The van der Waals surface area contributed by atoms with Crippen LogP contribution in [0.15, 0.2) is 23.1 Å². The van der Waals surface area contributed by atoms with Gasteiger partial charge in [0, 0.05) is 31.2 Å². The average molecular weight is 467 g/mol. The number of hydrogen-bond acceptors (Lipinski definition) is 6. The first-order chi connectivity index (χ1) is 14.6. The molecule has 1 aromatic carbocycles. The van der Waals surface area contributed by atoms with E-state index in [1.807, 2.05) is 13.1 Å². The molecule has 0 bridgehead atoms. The highest BCUT2D eigenvalue weighted by Crippen LogP contribution is 2.40. The molecule has 31 heavy (non-hydrogen) atoms. The minimum atomic E-state index is -3.76. The second kappa shape index (κ2) is 9.55. The van der Waals surface area contributed by atoms with Crippen LogP contribution in [0.25, 0.3) is 0 Å². The molecular formula is C21H27ClN4O4S. The van der Waals surface area contributed by atoms with Crippen LogP contribution in [0, 0.1) is 30.1 Å². The van der Waals surface area contributed by atoms with Gasteiger partial charge in [0.25, 0.3) is 0 Å². The summed E-state index contributed by atoms with van der Waals surface area (Å²) in [6.45, 7) is 4.05. The molecule has 2 aliphatic rings. The van der Waals surface area contributed by atoms with Crippen LogP contribution in [0.3, 0.4) is 0 Å². The second-order valence-corrected chi connectivity index (χ2v) is 10.9. The number of nitrogens with one attached hydrogen (secondary N) is 1. The van der Waals surface area contributed by atoms with E-state index in [-0.39, 0.29) is 30.2 Å². The number of halogens is 1. The Morgan fingerprint density at radius 2 is 1.84 bits per heavy atom. The van der Waals surface area contributed by atoms with Crippen molar-refractivity contribution in [3.63, 3.8) is 0 Å². The van der Waals surface area contributed by atoms with Crippen molar-refractivity contribution >= 4 is 33.3 Å². The van der Waals surface area contributed by atoms with E-state index in [1.54, 1.807) is 17.9 Å². The molecule has 3 rings (SSSR count). The predicted molar refractivity (Wildman–Crippen MR) is 116 cm³/mol. The number of hydrogen-bond donors (Lipinski definition) is 1. The van der Waals surface area contributed by atoms with E-state index < -0.39 is 32.8 Å². The number of nitriles is 1. The molecule has 0 spiro atoms. The zero-order valence-corrected chi connectivity index (χ0v) is 19.2. The quantitative estimate of drug-likeness (QED) is 0.653. The number of carbonyl (C=O) groups excluding carboxylic acids is 2. The minimum Gasteiger partial charge on any atom is -0.343 e. The van der Waals surface area contributed by atoms with Crippen molar-refractivity contribution in [2.75, 3.05) is 39.8 Å². The first-order valence-corrected chi connectivity index (χ1v) is 12.2. The molecule has 1 N–H and O–H groups in total. The van der Waals surface area contributed by atoms with Gasteiger partial charge < -0.3 is 15.1 Å². The predicted octanol–water partition coefficient (Wildman–Crippen LogP) is 1.23. The molecule has 8 nitrogen and oxygen atoms in total. The van der Waals surface area contributed by atoms with Crippen LogP contribution in [0.1, 0.15) is 18.4 Å². The topological polar surface area (TPSA) is 111 Å². The molecule has 1 aliphatic carbocycles. The van der Waals surface area contributed by atoms with Gasteiger partial charge in [-0.1, -0.05) is 11.6 Å². The van der Waals surface area contributed by atoms with Crippen LogP contribution in [-0.2, 0) is 19.4 Å². The molecule has 1 saturated carbocycles. The maximum absolute atomic E-state index is 13.4. The number of nitrogens with zero attached hydrogens (tertiary/aromatic N) is 3. The molecule has 168 valence electrons. The summed E-state index contributed by atoms with van der Waals surface area (Å²) in [5.74, 6) is -2.14. The van der Waals surface area contributed by atoms with Crippen molar-refractivity contribution in [1.29, 1.82) is 5.26 Å². The van der Waals surface area contributed by atoms with Gasteiger partial charge in [0.2, 0.25) is 11.8 Å². The fraction of sp³-hybridized carbons (Fsp3) is 0.571. The average Bonchev–Trinajstić information content (AvgIpc) is 3.18. The Labute approximate surface area is 188 Å². The van der Waals surface area contributed by atoms with Crippen LogP contribution in [-0.4, -0.2) is 75.1 Å². The van der Waals surface area contributed by atoms with Crippen molar-refractivity contribution in [3.05, 3.63) is 28.8 Å². The van der Waals surface area contributed by atoms with Crippen molar-refractivity contribution in [1.82, 2.24) is 15.1 Å². The summed E-state index contributed by atoms with van der Waals surface area (Å²) in [5.41, 5.74) is 0.534. The zero-order valence-electron chi connectivity index (χ0n) is 17.7. The van der Waals surface area contributed by atoms with Crippen LogP contribution in [0.4, 0.5) is 0 Å². The lowest BCUT2D eigenvalue weighted by Gasteiger charge is -2.34. The Kier molecular flexibility index (Phi) is 7.24. The van der Waals surface area contributed by atoms with E-state index >= 15 is 0 Å². The third kappa shape index (κ3) is 5.03. The molecule has 2 fully saturated rings. The molecular weight excluding hydrogens is 440 g/mol. The normalized spacial score (nSPS) is 24.6. The second-order valence-electron chi connectivity index (χ2n) is 8.27. The van der Waals surface area contributed by atoms with Crippen molar-refractivity contribution in [2.24, 2.45) is 11.8 Å². The van der Waals surface area contributed by atoms with E-state index in [1.165, 1.54) is 12.1 Å². The van der Waals surface area contributed by atoms with E-state index in [2.05, 4.69) is 10.2 Å². The van der Waals surface area contributed by atoms with E-state index in [0.29, 0.717) is 23.7 Å². The molecule has 10 heteroatoms. The fourth-order valence-electron chi connectivity index (χ4n) is 4.44. The summed E-state index contributed by atoms with van der Waals surface area (Å²) < 4.78 is 26.8. The molecule has 0 radical (unpaired) electrons. The molecule has 0 unspecified atom stereocenters. The monoisotopic (exact) mass is 466 g/mol. The molecule has 0 aromatic heterocycles. The highest BCUT2D eigenvalue weighted by molar-refractivity contribution is 7.92. The van der Waals surface area contributed by atoms with Crippen molar-refractivity contribution < 1.29 is 18.0 Å². The summed E-state index contributed by atoms with van der Waals surface area (Å²) in [6, 6.07) is 6.45. The lowest BCUT2D eigenvalue weighted by atomic mass is 9.93. The summed E-state index contributed by atoms with van der Waals surface area (Å²) in [4.78, 5) is 30.0. The van der Waals surface area contributed by atoms with Gasteiger partial charge >= 0.3 is 0 Å². The van der Waals surface area contributed by atoms with Gasteiger partial charge in [-0.15, -0.1) is 0 Å². The number of carbonyl (C=O) groups is 2. The van der Waals surface area contributed by atoms with Crippen LogP contribution >= 0.6 is 11.6 Å². The summed E-state index contributed by atoms with van der Waals surface area (Å²) in [5, 5.41) is 10.9. The molecule has 1 aromatic rings. The summed E-state index contributed by atoms with van der Waals surface area (Å²) in [7, 11) is -1.78. The number of sulfone groups is 1. The third-order valence-corrected chi connectivity index (χ3v) is 8.78.